The van der Waals surface area contributed by atoms with E-state index < -0.39 is 0 Å². The summed E-state index contributed by atoms with van der Waals surface area (Å²) in [5.74, 6) is 0.886. The number of hydrogen-bond donors (Lipinski definition) is 4. The summed E-state index contributed by atoms with van der Waals surface area (Å²) >= 11 is 1.43. The Labute approximate surface area is 221 Å². The van der Waals surface area contributed by atoms with Gasteiger partial charge in [0, 0.05) is 36.7 Å². The van der Waals surface area contributed by atoms with Crippen molar-refractivity contribution >= 4 is 40.9 Å². The number of nitrogens with zero attached hydrogens (tertiary/aromatic N) is 1. The minimum atomic E-state index is -0.0350. The summed E-state index contributed by atoms with van der Waals surface area (Å²) in [5.41, 5.74) is 5.06. The van der Waals surface area contributed by atoms with Gasteiger partial charge in [-0.2, -0.15) is 0 Å². The van der Waals surface area contributed by atoms with Crippen molar-refractivity contribution in [2.24, 2.45) is 0 Å². The lowest BCUT2D eigenvalue weighted by Crippen LogP contribution is -2.21. The minimum absolute atomic E-state index is 0.0350. The van der Waals surface area contributed by atoms with Crippen LogP contribution in [0.5, 0.6) is 5.75 Å². The molecule has 7 nitrogen and oxygen atoms in total. The van der Waals surface area contributed by atoms with Crippen LogP contribution in [0.1, 0.15) is 10.4 Å². The molecule has 0 aliphatic carbocycles. The van der Waals surface area contributed by atoms with Gasteiger partial charge in [0.05, 0.1) is 12.0 Å². The maximum Gasteiger partial charge on any atom is 0.253 e. The van der Waals surface area contributed by atoms with Gasteiger partial charge in [0.1, 0.15) is 5.75 Å². The van der Waals surface area contributed by atoms with Crippen molar-refractivity contribution in [2.45, 2.75) is 4.90 Å². The number of nitrogens with one attached hydrogen (secondary N) is 4. The first kappa shape index (κ1) is 25.7. The van der Waals surface area contributed by atoms with Gasteiger partial charge in [0.2, 0.25) is 0 Å². The van der Waals surface area contributed by atoms with Crippen molar-refractivity contribution in [3.63, 3.8) is 0 Å². The predicted octanol–water partition coefficient (Wildman–Crippen LogP) is 6.64. The Morgan fingerprint density at radius 3 is 2.22 bits per heavy atom. The number of ether oxygens (including phenoxy) is 1. The van der Waals surface area contributed by atoms with Crippen LogP contribution in [-0.2, 0) is 0 Å². The first-order valence-corrected chi connectivity index (χ1v) is 12.5. The number of rotatable bonds is 8. The Balaban J connectivity index is 1.47. The molecule has 4 aromatic rings. The van der Waals surface area contributed by atoms with Crippen LogP contribution in [0.25, 0.3) is 11.1 Å². The first-order chi connectivity index (χ1) is 17.9. The second-order valence-electron chi connectivity index (χ2n) is 8.42. The quantitative estimate of drug-likeness (QED) is 0.120. The Morgan fingerprint density at radius 2 is 1.46 bits per heavy atom. The molecule has 188 valence electrons. The van der Waals surface area contributed by atoms with Gasteiger partial charge in [-0.05, 0) is 77.7 Å². The number of anilines is 3. The van der Waals surface area contributed by atoms with E-state index in [0.29, 0.717) is 5.56 Å². The SMILES string of the molecule is COc1ccc(-c2cccc(C(=O)N(C)C)c2)cc1SNc1cccc(NC(=N)Nc2ccccc2)c1. The van der Waals surface area contributed by atoms with Gasteiger partial charge < -0.3 is 25.0 Å². The molecule has 0 atom stereocenters. The van der Waals surface area contributed by atoms with Gasteiger partial charge in [0.25, 0.3) is 5.91 Å². The number of guanidine groups is 1. The zero-order valence-corrected chi connectivity index (χ0v) is 21.7. The largest absolute Gasteiger partial charge is 0.496 e. The molecule has 0 radical (unpaired) electrons. The highest BCUT2D eigenvalue weighted by molar-refractivity contribution is 8.00. The summed E-state index contributed by atoms with van der Waals surface area (Å²) in [6.07, 6.45) is 0. The highest BCUT2D eigenvalue weighted by Crippen LogP contribution is 2.35. The molecule has 0 saturated carbocycles. The van der Waals surface area contributed by atoms with Gasteiger partial charge in [-0.15, -0.1) is 0 Å². The van der Waals surface area contributed by atoms with Crippen LogP contribution >= 0.6 is 11.9 Å². The molecule has 4 rings (SSSR count). The fourth-order valence-corrected chi connectivity index (χ4v) is 4.43. The fraction of sp³-hybridized carbons (Fsp3) is 0.103. The Bertz CT molecular complexity index is 1390. The van der Waals surface area contributed by atoms with E-state index in [0.717, 1.165) is 38.8 Å². The van der Waals surface area contributed by atoms with Crippen molar-refractivity contribution in [3.05, 3.63) is 103 Å². The average Bonchev–Trinajstić information content (AvgIpc) is 2.92. The third kappa shape index (κ3) is 6.83. The summed E-state index contributed by atoms with van der Waals surface area (Å²) in [6.45, 7) is 0. The summed E-state index contributed by atoms with van der Waals surface area (Å²) in [6, 6.07) is 30.8. The molecule has 0 saturated heterocycles. The van der Waals surface area contributed by atoms with E-state index in [2.05, 4.69) is 15.4 Å². The highest BCUT2D eigenvalue weighted by atomic mass is 32.2. The number of hydrogen-bond acceptors (Lipinski definition) is 5. The van der Waals surface area contributed by atoms with E-state index in [1.54, 1.807) is 26.1 Å². The van der Waals surface area contributed by atoms with Crippen LogP contribution in [0.2, 0.25) is 0 Å². The molecule has 1 amide bonds. The number of carbonyl (C=O) groups excluding carboxylic acids is 1. The third-order valence-electron chi connectivity index (χ3n) is 5.47. The first-order valence-electron chi connectivity index (χ1n) is 11.6. The monoisotopic (exact) mass is 511 g/mol. The van der Waals surface area contributed by atoms with Crippen molar-refractivity contribution in [1.82, 2.24) is 4.90 Å². The van der Waals surface area contributed by atoms with Crippen LogP contribution in [0.3, 0.4) is 0 Å². The summed E-state index contributed by atoms with van der Waals surface area (Å²) in [4.78, 5) is 14.9. The smallest absolute Gasteiger partial charge is 0.253 e. The molecule has 4 N–H and O–H groups in total. The molecular weight excluding hydrogens is 482 g/mol. The summed E-state index contributed by atoms with van der Waals surface area (Å²) in [7, 11) is 5.14. The molecule has 0 aromatic heterocycles. The molecule has 0 aliphatic heterocycles. The van der Waals surface area contributed by atoms with Gasteiger partial charge >= 0.3 is 0 Å². The van der Waals surface area contributed by atoms with Gasteiger partial charge in [-0.25, -0.2) is 0 Å². The van der Waals surface area contributed by atoms with E-state index in [-0.39, 0.29) is 11.9 Å². The topological polar surface area (TPSA) is 89.5 Å². The lowest BCUT2D eigenvalue weighted by atomic mass is 10.0. The van der Waals surface area contributed by atoms with Gasteiger partial charge in [-0.1, -0.05) is 42.5 Å². The average molecular weight is 512 g/mol. The molecule has 0 unspecified atom stereocenters. The lowest BCUT2D eigenvalue weighted by molar-refractivity contribution is 0.0827. The minimum Gasteiger partial charge on any atom is -0.496 e. The van der Waals surface area contributed by atoms with E-state index >= 15 is 0 Å². The standard InChI is InChI=1S/C29H29N5O2S/c1-34(2)28(35)22-10-7-9-20(17-22)21-15-16-26(36-3)27(18-21)37-33-25-14-8-13-24(19-25)32-29(30)31-23-11-5-4-6-12-23/h4-19,33H,1-3H3,(H3,30,31,32). The molecule has 0 fully saturated rings. The van der Waals surface area contributed by atoms with Gasteiger partial charge in [0.15, 0.2) is 5.96 Å². The lowest BCUT2D eigenvalue weighted by Gasteiger charge is -2.14. The van der Waals surface area contributed by atoms with E-state index in [1.807, 2.05) is 97.1 Å². The molecule has 8 heteroatoms. The normalized spacial score (nSPS) is 10.4. The number of para-hydroxylation sites is 1. The predicted molar refractivity (Wildman–Crippen MR) is 154 cm³/mol. The molecule has 0 aliphatic rings. The maximum absolute atomic E-state index is 12.4. The van der Waals surface area contributed by atoms with Crippen molar-refractivity contribution in [2.75, 3.05) is 36.6 Å². The Hall–Kier alpha value is -4.43. The number of methoxy groups -OCH3 is 1. The van der Waals surface area contributed by atoms with E-state index in [1.165, 1.54) is 11.9 Å². The Morgan fingerprint density at radius 1 is 0.784 bits per heavy atom. The van der Waals surface area contributed by atoms with Crippen LogP contribution in [-0.4, -0.2) is 38.0 Å². The summed E-state index contributed by atoms with van der Waals surface area (Å²) in [5, 5.41) is 14.3. The van der Waals surface area contributed by atoms with Crippen molar-refractivity contribution in [1.29, 1.82) is 5.41 Å². The third-order valence-corrected chi connectivity index (χ3v) is 6.34. The van der Waals surface area contributed by atoms with Crippen LogP contribution in [0, 0.1) is 5.41 Å². The summed E-state index contributed by atoms with van der Waals surface area (Å²) < 4.78 is 8.95. The highest BCUT2D eigenvalue weighted by Gasteiger charge is 2.12. The molecule has 37 heavy (non-hydrogen) atoms. The second kappa shape index (κ2) is 12.0. The number of carbonyl (C=O) groups is 1. The molecule has 4 aromatic carbocycles. The van der Waals surface area contributed by atoms with Gasteiger partial charge in [-0.3, -0.25) is 10.2 Å². The second-order valence-corrected chi connectivity index (χ2v) is 9.27. The van der Waals surface area contributed by atoms with Crippen molar-refractivity contribution in [3.8, 4) is 16.9 Å². The Kier molecular flexibility index (Phi) is 8.33. The van der Waals surface area contributed by atoms with Crippen LogP contribution in [0.4, 0.5) is 17.1 Å². The zero-order valence-electron chi connectivity index (χ0n) is 20.9. The van der Waals surface area contributed by atoms with E-state index in [4.69, 9.17) is 10.1 Å². The molecule has 0 bridgehead atoms. The zero-order chi connectivity index (χ0) is 26.2. The van der Waals surface area contributed by atoms with Crippen LogP contribution in [0.15, 0.2) is 102 Å². The number of benzene rings is 4. The molecular formula is C29H29N5O2S. The van der Waals surface area contributed by atoms with Crippen molar-refractivity contribution < 1.29 is 9.53 Å². The molecule has 0 heterocycles. The number of amides is 1. The maximum atomic E-state index is 12.4. The van der Waals surface area contributed by atoms with E-state index in [9.17, 15) is 4.79 Å². The van der Waals surface area contributed by atoms with Crippen LogP contribution < -0.4 is 20.1 Å². The molecule has 0 spiro atoms. The fourth-order valence-electron chi connectivity index (χ4n) is 3.64.